The number of rotatable bonds is 8. The van der Waals surface area contributed by atoms with Gasteiger partial charge < -0.3 is 23.5 Å². The molecular weight excluding hydrogens is 757 g/mol. The zero-order valence-electron chi connectivity index (χ0n) is 30.4. The minimum atomic E-state index is -4.68. The molecule has 11 nitrogen and oxygen atoms in total. The molecule has 2 saturated heterocycles. The average Bonchev–Trinajstić information content (AvgIpc) is 4.07. The van der Waals surface area contributed by atoms with Crippen LogP contribution in [0.3, 0.4) is 0 Å². The molecule has 0 N–H and O–H groups in total. The largest absolute Gasteiger partial charge is 0.748 e. The second-order valence-corrected chi connectivity index (χ2v) is 20.5. The summed E-state index contributed by atoms with van der Waals surface area (Å²) >= 11 is 0. The Morgan fingerprint density at radius 2 is 0.982 bits per heavy atom. The Bertz CT molecular complexity index is 2060. The molecule has 0 aromatic heterocycles. The smallest absolute Gasteiger partial charge is 0.310 e. The molecule has 15 atom stereocenters. The van der Waals surface area contributed by atoms with Crippen LogP contribution in [0.4, 0.5) is 0 Å². The number of fused-ring (bicyclic) bond motifs is 4. The zero-order chi connectivity index (χ0) is 38.5. The van der Waals surface area contributed by atoms with Gasteiger partial charge in [-0.25, -0.2) is 8.42 Å². The maximum absolute atomic E-state index is 13.6. The molecule has 3 aromatic carbocycles. The van der Waals surface area contributed by atoms with Crippen LogP contribution < -0.4 is 0 Å². The van der Waals surface area contributed by atoms with E-state index in [1.807, 2.05) is 0 Å². The van der Waals surface area contributed by atoms with Gasteiger partial charge >= 0.3 is 23.9 Å². The minimum absolute atomic E-state index is 0.00724. The monoisotopic (exact) mass is 798 g/mol. The molecule has 6 saturated carbocycles. The lowest BCUT2D eigenvalue weighted by Crippen LogP contribution is -2.47. The molecule has 6 aliphatic carbocycles. The summed E-state index contributed by atoms with van der Waals surface area (Å²) in [4.78, 5) is 55.5. The van der Waals surface area contributed by atoms with E-state index in [2.05, 4.69) is 91.0 Å². The molecule has 11 rings (SSSR count). The van der Waals surface area contributed by atoms with Gasteiger partial charge in [0.05, 0.1) is 49.9 Å². The van der Waals surface area contributed by atoms with E-state index in [9.17, 15) is 32.1 Å². The lowest BCUT2D eigenvalue weighted by atomic mass is 9.78. The van der Waals surface area contributed by atoms with Crippen molar-refractivity contribution in [2.75, 3.05) is 0 Å². The molecule has 6 bridgehead atoms. The van der Waals surface area contributed by atoms with Crippen molar-refractivity contribution in [3.8, 4) is 0 Å². The molecule has 15 unspecified atom stereocenters. The van der Waals surface area contributed by atoms with E-state index in [0.717, 1.165) is 12.8 Å². The van der Waals surface area contributed by atoms with E-state index in [-0.39, 0.29) is 71.2 Å². The topological polar surface area (TPSA) is 162 Å². The predicted molar refractivity (Wildman–Crippen MR) is 197 cm³/mol. The molecule has 2 heterocycles. The van der Waals surface area contributed by atoms with Gasteiger partial charge in [0.1, 0.15) is 24.4 Å². The molecule has 8 fully saturated rings. The molecule has 0 amide bonds. The Labute approximate surface area is 327 Å². The Kier molecular flexibility index (Phi) is 8.86. The van der Waals surface area contributed by atoms with Crippen LogP contribution in [0, 0.1) is 59.2 Å². The van der Waals surface area contributed by atoms with Gasteiger partial charge in [-0.3, -0.25) is 19.2 Å². The van der Waals surface area contributed by atoms with E-state index in [1.54, 1.807) is 0 Å². The van der Waals surface area contributed by atoms with E-state index in [0.29, 0.717) is 12.8 Å². The fourth-order valence-corrected chi connectivity index (χ4v) is 15.2. The lowest BCUT2D eigenvalue weighted by Gasteiger charge is -2.36. The number of benzene rings is 3. The summed E-state index contributed by atoms with van der Waals surface area (Å²) in [5.74, 6) is -5.45. The number of hydrogen-bond acceptors (Lipinski definition) is 11. The molecule has 292 valence electrons. The average molecular weight is 799 g/mol. The maximum atomic E-state index is 13.6. The van der Waals surface area contributed by atoms with Gasteiger partial charge in [0.2, 0.25) is 0 Å². The Hall–Kier alpha value is -4.20. The quantitative estimate of drug-likeness (QED) is 0.131. The molecule has 2 aliphatic heterocycles. The Morgan fingerprint density at radius 1 is 0.571 bits per heavy atom. The van der Waals surface area contributed by atoms with Crippen LogP contribution in [0.5, 0.6) is 0 Å². The SMILES string of the molecule is O=C1OC2C3CC(CC13)C2OC(=O)C1C2CC(C1C(=O)OC1C3CC4C(=O)OC1C4C3)C(S(=O)(=O)[O-])C2.c1ccc([S+](c2ccccc2)c2ccccc2)cc1. The van der Waals surface area contributed by atoms with Crippen LogP contribution in [-0.4, -0.2) is 66.5 Å². The summed E-state index contributed by atoms with van der Waals surface area (Å²) in [5.41, 5.74) is 0. The van der Waals surface area contributed by atoms with Crippen LogP contribution in [0.15, 0.2) is 106 Å². The maximum Gasteiger partial charge on any atom is 0.310 e. The number of esters is 4. The first kappa shape index (κ1) is 36.2. The summed E-state index contributed by atoms with van der Waals surface area (Å²) in [6.07, 6.45) is 0.750. The molecule has 13 heteroatoms. The second-order valence-electron chi connectivity index (χ2n) is 16.8. The second kappa shape index (κ2) is 13.7. The third-order valence-corrected chi connectivity index (χ3v) is 17.6. The van der Waals surface area contributed by atoms with Gasteiger partial charge in [-0.2, -0.15) is 0 Å². The molecular formula is C43H42O11S2. The first-order valence-electron chi connectivity index (χ1n) is 19.7. The van der Waals surface area contributed by atoms with Crippen LogP contribution in [-0.2, 0) is 59.1 Å². The van der Waals surface area contributed by atoms with Crippen molar-refractivity contribution in [3.05, 3.63) is 91.0 Å². The third kappa shape index (κ3) is 5.90. The molecule has 3 aromatic rings. The first-order chi connectivity index (χ1) is 27.0. The van der Waals surface area contributed by atoms with Gasteiger partial charge in [0.25, 0.3) is 0 Å². The molecule has 0 spiro atoms. The van der Waals surface area contributed by atoms with Gasteiger partial charge in [0.15, 0.2) is 14.7 Å². The van der Waals surface area contributed by atoms with Crippen molar-refractivity contribution >= 4 is 44.9 Å². The van der Waals surface area contributed by atoms with Gasteiger partial charge in [-0.1, -0.05) is 54.6 Å². The van der Waals surface area contributed by atoms with Crippen LogP contribution in [0.1, 0.15) is 38.5 Å². The normalized spacial score (nSPS) is 39.0. The number of ether oxygens (including phenoxy) is 4. The summed E-state index contributed by atoms with van der Waals surface area (Å²) in [6.45, 7) is 0. The van der Waals surface area contributed by atoms with Crippen molar-refractivity contribution in [1.29, 1.82) is 0 Å². The van der Waals surface area contributed by atoms with Crippen LogP contribution in [0.2, 0.25) is 0 Å². The summed E-state index contributed by atoms with van der Waals surface area (Å²) < 4.78 is 58.8. The van der Waals surface area contributed by atoms with Gasteiger partial charge in [0, 0.05) is 23.7 Å². The van der Waals surface area contributed by atoms with Crippen molar-refractivity contribution in [2.45, 2.75) is 82.9 Å². The molecule has 56 heavy (non-hydrogen) atoms. The molecule has 0 radical (unpaired) electrons. The lowest BCUT2D eigenvalue weighted by molar-refractivity contribution is -0.178. The van der Waals surface area contributed by atoms with E-state index in [1.165, 1.54) is 14.7 Å². The number of carbonyl (C=O) groups is 4. The number of hydrogen-bond donors (Lipinski definition) is 0. The highest BCUT2D eigenvalue weighted by Gasteiger charge is 2.67. The van der Waals surface area contributed by atoms with E-state index < -0.39 is 75.4 Å². The van der Waals surface area contributed by atoms with E-state index >= 15 is 0 Å². The van der Waals surface area contributed by atoms with E-state index in [4.69, 9.17) is 18.9 Å². The fourth-order valence-electron chi connectivity index (χ4n) is 11.9. The summed E-state index contributed by atoms with van der Waals surface area (Å²) in [5, 5.41) is -1.26. The van der Waals surface area contributed by atoms with Crippen molar-refractivity contribution in [3.63, 3.8) is 0 Å². The Balaban J connectivity index is 0.000000170. The Morgan fingerprint density at radius 3 is 1.41 bits per heavy atom. The standard InChI is InChI=1S/C25H28O11S.C18H15S/c26-22-12-4-8-2-10(12)20(35-22)18(8)33-24(28)16-7-1-14(15(6-7)37(30,31)32)17(16)25(29)34-19-9-3-11-13(5-9)23(27)36-21(11)19;1-4-10-16(11-5-1)19(17-12-6-2-7-13-17)18-14-8-3-9-15-18/h7-21H,1-6H2,(H,30,31,32);1-15H/q;+1/p-1. The summed E-state index contributed by atoms with van der Waals surface area (Å²) in [7, 11) is -4.69. The van der Waals surface area contributed by atoms with Crippen LogP contribution >= 0.6 is 0 Å². The highest BCUT2D eigenvalue weighted by molar-refractivity contribution is 7.97. The van der Waals surface area contributed by atoms with Crippen molar-refractivity contribution in [2.24, 2.45) is 59.2 Å². The van der Waals surface area contributed by atoms with Crippen molar-refractivity contribution < 1.29 is 51.1 Å². The first-order valence-corrected chi connectivity index (χ1v) is 22.4. The van der Waals surface area contributed by atoms with Gasteiger partial charge in [-0.05, 0) is 86.8 Å². The number of carbonyl (C=O) groups excluding carboxylic acids is 4. The van der Waals surface area contributed by atoms with Crippen molar-refractivity contribution in [1.82, 2.24) is 0 Å². The molecule has 8 aliphatic rings. The predicted octanol–water partition coefficient (Wildman–Crippen LogP) is 4.94. The highest BCUT2D eigenvalue weighted by atomic mass is 32.2. The zero-order valence-corrected chi connectivity index (χ0v) is 32.0. The van der Waals surface area contributed by atoms with Gasteiger partial charge in [-0.15, -0.1) is 0 Å². The van der Waals surface area contributed by atoms with Crippen LogP contribution in [0.25, 0.3) is 0 Å². The third-order valence-electron chi connectivity index (χ3n) is 14.1. The highest BCUT2D eigenvalue weighted by Crippen LogP contribution is 2.59. The minimum Gasteiger partial charge on any atom is -0.748 e. The fraction of sp³-hybridized carbons (Fsp3) is 0.488. The summed E-state index contributed by atoms with van der Waals surface area (Å²) in [6, 6.07) is 32.2.